The summed E-state index contributed by atoms with van der Waals surface area (Å²) in [6, 6.07) is 0. The Morgan fingerprint density at radius 3 is 2.43 bits per heavy atom. The van der Waals surface area contributed by atoms with Gasteiger partial charge in [0.25, 0.3) is 0 Å². The van der Waals surface area contributed by atoms with Crippen LogP contribution in [0.2, 0.25) is 0 Å². The van der Waals surface area contributed by atoms with Crippen LogP contribution in [-0.2, 0) is 4.74 Å². The number of likely N-dealkylation sites (tertiary alicyclic amines) is 1. The van der Waals surface area contributed by atoms with Gasteiger partial charge in [-0.15, -0.1) is 0 Å². The average molecular weight is 390 g/mol. The van der Waals surface area contributed by atoms with Gasteiger partial charge in [-0.25, -0.2) is 0 Å². The standard InChI is InChI=1S/C17H27N3O.C6H12O/c1-4-15-5-6-16(11-17(15)19-13(2)18)21-12-14-7-9-20(3)10-8-14;7-6-4-2-1-3-5-6/h4-6,11,13-14H,7-10,12,18H2,1-3H3;6-7H,1-5H2/b15-4-,19-17-;. The Kier molecular flexibility index (Phi) is 9.96. The van der Waals surface area contributed by atoms with Gasteiger partial charge in [0.1, 0.15) is 5.76 Å². The monoisotopic (exact) mass is 389 g/mol. The summed E-state index contributed by atoms with van der Waals surface area (Å²) in [5.74, 6) is 1.55. The van der Waals surface area contributed by atoms with E-state index in [9.17, 15) is 0 Å². The zero-order valence-electron chi connectivity index (χ0n) is 17.9. The van der Waals surface area contributed by atoms with Gasteiger partial charge in [-0.3, -0.25) is 4.99 Å². The van der Waals surface area contributed by atoms with Gasteiger partial charge in [-0.2, -0.15) is 0 Å². The topological polar surface area (TPSA) is 71.1 Å². The maximum atomic E-state index is 8.91. The van der Waals surface area contributed by atoms with Crippen molar-refractivity contribution in [1.82, 2.24) is 4.90 Å². The van der Waals surface area contributed by atoms with Crippen LogP contribution in [0, 0.1) is 5.92 Å². The second-order valence-electron chi connectivity index (χ2n) is 8.23. The lowest BCUT2D eigenvalue weighted by Gasteiger charge is -2.29. The van der Waals surface area contributed by atoms with Gasteiger partial charge in [0, 0.05) is 6.08 Å². The molecule has 0 aromatic rings. The number of allylic oxidation sites excluding steroid dienone is 5. The minimum absolute atomic E-state index is 0.0359. The van der Waals surface area contributed by atoms with Gasteiger partial charge in [-0.1, -0.05) is 25.3 Å². The summed E-state index contributed by atoms with van der Waals surface area (Å²) in [7, 11) is 2.18. The van der Waals surface area contributed by atoms with Crippen LogP contribution in [0.3, 0.4) is 0 Å². The van der Waals surface area contributed by atoms with Gasteiger partial charge < -0.3 is 20.5 Å². The fourth-order valence-electron chi connectivity index (χ4n) is 3.71. The third-order valence-corrected chi connectivity index (χ3v) is 5.55. The highest BCUT2D eigenvalue weighted by molar-refractivity contribution is 6.11. The molecule has 3 aliphatic rings. The maximum Gasteiger partial charge on any atom is 0.121 e. The largest absolute Gasteiger partial charge is 0.493 e. The molecule has 1 saturated carbocycles. The number of hydrogen-bond donors (Lipinski definition) is 2. The molecule has 0 bridgehead atoms. The van der Waals surface area contributed by atoms with Crippen molar-refractivity contribution in [3.8, 4) is 0 Å². The van der Waals surface area contributed by atoms with E-state index in [4.69, 9.17) is 15.6 Å². The number of aliphatic hydroxyl groups excluding tert-OH is 1. The van der Waals surface area contributed by atoms with Crippen LogP contribution in [0.1, 0.15) is 58.8 Å². The molecule has 158 valence electrons. The number of rotatable bonds is 4. The molecule has 28 heavy (non-hydrogen) atoms. The minimum Gasteiger partial charge on any atom is -0.493 e. The van der Waals surface area contributed by atoms with Crippen LogP contribution in [0.5, 0.6) is 0 Å². The number of nitrogens with two attached hydrogens (primary N) is 1. The molecule has 0 spiro atoms. The Balaban J connectivity index is 0.000000336. The Morgan fingerprint density at radius 2 is 1.89 bits per heavy atom. The van der Waals surface area contributed by atoms with Crippen LogP contribution in [0.25, 0.3) is 0 Å². The van der Waals surface area contributed by atoms with E-state index in [0.717, 1.165) is 36.5 Å². The smallest absolute Gasteiger partial charge is 0.121 e. The van der Waals surface area contributed by atoms with E-state index in [1.54, 1.807) is 0 Å². The predicted octanol–water partition coefficient (Wildman–Crippen LogP) is 3.80. The number of aliphatic imine (C=N–C) groups is 1. The molecule has 0 radical (unpaired) electrons. The molecule has 1 saturated heterocycles. The molecule has 1 unspecified atom stereocenters. The molecule has 0 amide bonds. The first-order valence-electron chi connectivity index (χ1n) is 10.9. The molecular formula is C23H39N3O2. The summed E-state index contributed by atoms with van der Waals surface area (Å²) in [6.07, 6.45) is 16.3. The molecule has 0 aromatic carbocycles. The van der Waals surface area contributed by atoms with E-state index in [2.05, 4.69) is 16.9 Å². The van der Waals surface area contributed by atoms with E-state index < -0.39 is 0 Å². The van der Waals surface area contributed by atoms with E-state index in [1.807, 2.05) is 38.2 Å². The highest BCUT2D eigenvalue weighted by atomic mass is 16.5. The van der Waals surface area contributed by atoms with Crippen molar-refractivity contribution in [3.63, 3.8) is 0 Å². The maximum absolute atomic E-state index is 8.91. The van der Waals surface area contributed by atoms with E-state index >= 15 is 0 Å². The molecular weight excluding hydrogens is 350 g/mol. The van der Waals surface area contributed by atoms with Crippen molar-refractivity contribution in [1.29, 1.82) is 0 Å². The number of ether oxygens (including phenoxy) is 1. The summed E-state index contributed by atoms with van der Waals surface area (Å²) in [4.78, 5) is 6.83. The predicted molar refractivity (Wildman–Crippen MR) is 117 cm³/mol. The average Bonchev–Trinajstić information content (AvgIpc) is 2.68. The lowest BCUT2D eigenvalue weighted by molar-refractivity contribution is 0.123. The lowest BCUT2D eigenvalue weighted by Crippen LogP contribution is -2.32. The van der Waals surface area contributed by atoms with E-state index in [1.165, 1.54) is 45.2 Å². The van der Waals surface area contributed by atoms with Gasteiger partial charge in [0.15, 0.2) is 0 Å². The van der Waals surface area contributed by atoms with Crippen molar-refractivity contribution >= 4 is 5.71 Å². The zero-order valence-corrected chi connectivity index (χ0v) is 17.9. The van der Waals surface area contributed by atoms with Crippen LogP contribution >= 0.6 is 0 Å². The van der Waals surface area contributed by atoms with Gasteiger partial charge >= 0.3 is 0 Å². The van der Waals surface area contributed by atoms with Crippen LogP contribution in [-0.4, -0.2) is 54.7 Å². The van der Waals surface area contributed by atoms with Gasteiger partial charge in [0.2, 0.25) is 0 Å². The fraction of sp³-hybridized carbons (Fsp3) is 0.696. The number of nitrogens with zero attached hydrogens (tertiary/aromatic N) is 2. The van der Waals surface area contributed by atoms with Crippen molar-refractivity contribution in [2.75, 3.05) is 26.7 Å². The fourth-order valence-corrected chi connectivity index (χ4v) is 3.71. The summed E-state index contributed by atoms with van der Waals surface area (Å²) < 4.78 is 5.97. The summed E-state index contributed by atoms with van der Waals surface area (Å²) in [6.45, 7) is 7.02. The van der Waals surface area contributed by atoms with Crippen molar-refractivity contribution in [3.05, 3.63) is 35.6 Å². The Morgan fingerprint density at radius 1 is 1.21 bits per heavy atom. The molecule has 2 fully saturated rings. The molecule has 2 aliphatic carbocycles. The minimum atomic E-state index is -0.201. The molecule has 1 atom stereocenters. The second-order valence-corrected chi connectivity index (χ2v) is 8.23. The molecule has 5 heteroatoms. The van der Waals surface area contributed by atoms with Crippen LogP contribution < -0.4 is 5.73 Å². The van der Waals surface area contributed by atoms with Crippen LogP contribution in [0.4, 0.5) is 0 Å². The van der Waals surface area contributed by atoms with Crippen LogP contribution in [0.15, 0.2) is 40.6 Å². The molecule has 0 aromatic heterocycles. The first-order chi connectivity index (χ1) is 13.5. The Bertz CT molecular complexity index is 579. The van der Waals surface area contributed by atoms with E-state index in [0.29, 0.717) is 5.92 Å². The Hall–Kier alpha value is -1.43. The van der Waals surface area contributed by atoms with Crippen molar-refractivity contribution in [2.24, 2.45) is 16.6 Å². The highest BCUT2D eigenvalue weighted by Gasteiger charge is 2.18. The van der Waals surface area contributed by atoms with Gasteiger partial charge in [-0.05, 0) is 83.3 Å². The molecule has 1 aliphatic heterocycles. The zero-order chi connectivity index (χ0) is 20.4. The first-order valence-corrected chi connectivity index (χ1v) is 10.9. The highest BCUT2D eigenvalue weighted by Crippen LogP contribution is 2.20. The Labute approximate surface area is 171 Å². The normalized spacial score (nSPS) is 26.0. The SMILES string of the molecule is C/C=C1/C=CC(OCC2CCN(C)CC2)=C/C1=N/C(C)N.OC1CCCCC1. The lowest BCUT2D eigenvalue weighted by atomic mass is 9.98. The second kappa shape index (κ2) is 12.2. The summed E-state index contributed by atoms with van der Waals surface area (Å²) in [5.41, 5.74) is 7.78. The van der Waals surface area contributed by atoms with Gasteiger partial charge in [0.05, 0.1) is 24.6 Å². The number of aliphatic hydroxyl groups is 1. The summed E-state index contributed by atoms with van der Waals surface area (Å²) >= 11 is 0. The van der Waals surface area contributed by atoms with Crippen molar-refractivity contribution < 1.29 is 9.84 Å². The molecule has 5 nitrogen and oxygen atoms in total. The summed E-state index contributed by atoms with van der Waals surface area (Å²) in [5, 5.41) is 8.91. The molecule has 3 N–H and O–H groups in total. The third-order valence-electron chi connectivity index (χ3n) is 5.55. The quantitative estimate of drug-likeness (QED) is 0.767. The molecule has 3 rings (SSSR count). The number of hydrogen-bond acceptors (Lipinski definition) is 5. The molecule has 1 heterocycles. The third kappa shape index (κ3) is 8.29. The number of piperidine rings is 1. The van der Waals surface area contributed by atoms with Crippen molar-refractivity contribution in [2.45, 2.75) is 71.1 Å². The first kappa shape index (κ1) is 22.9. The van der Waals surface area contributed by atoms with E-state index in [-0.39, 0.29) is 12.3 Å².